The van der Waals surface area contributed by atoms with E-state index >= 15 is 0 Å². The third-order valence-corrected chi connectivity index (χ3v) is 5.51. The van der Waals surface area contributed by atoms with Crippen LogP contribution in [0.2, 0.25) is 0 Å². The van der Waals surface area contributed by atoms with E-state index in [2.05, 4.69) is 10.3 Å². The predicted molar refractivity (Wildman–Crippen MR) is 109 cm³/mol. The van der Waals surface area contributed by atoms with Gasteiger partial charge in [-0.25, -0.2) is 0 Å². The fourth-order valence-electron chi connectivity index (χ4n) is 3.33. The van der Waals surface area contributed by atoms with Crippen LogP contribution in [0, 0.1) is 5.92 Å². The normalized spacial score (nSPS) is 16.7. The lowest BCUT2D eigenvalue weighted by Crippen LogP contribution is -2.28. The number of benzene rings is 2. The minimum Gasteiger partial charge on any atom is -0.324 e. The molecule has 1 fully saturated rings. The molecule has 1 aliphatic heterocycles. The summed E-state index contributed by atoms with van der Waals surface area (Å²) in [7, 11) is 0. The molecule has 1 N–H and O–H groups in total. The number of aromatic nitrogens is 1. The van der Waals surface area contributed by atoms with Gasteiger partial charge in [0.05, 0.1) is 17.1 Å². The number of amides is 2. The summed E-state index contributed by atoms with van der Waals surface area (Å²) in [5.74, 6) is -0.551. The summed E-state index contributed by atoms with van der Waals surface area (Å²) in [6, 6.07) is 17.3. The molecule has 0 aliphatic carbocycles. The predicted octanol–water partition coefficient (Wildman–Crippen LogP) is 3.95. The molecule has 27 heavy (non-hydrogen) atoms. The van der Waals surface area contributed by atoms with Crippen molar-refractivity contribution in [3.05, 3.63) is 60.8 Å². The van der Waals surface area contributed by atoms with Crippen molar-refractivity contribution in [2.45, 2.75) is 11.3 Å². The molecule has 1 atom stereocenters. The van der Waals surface area contributed by atoms with Crippen molar-refractivity contribution in [3.63, 3.8) is 0 Å². The highest BCUT2D eigenvalue weighted by molar-refractivity contribution is 7.98. The first-order valence-corrected chi connectivity index (χ1v) is 9.97. The Balaban J connectivity index is 1.50. The molecule has 4 rings (SSSR count). The lowest BCUT2D eigenvalue weighted by Gasteiger charge is -2.17. The van der Waals surface area contributed by atoms with Crippen molar-refractivity contribution >= 4 is 45.9 Å². The van der Waals surface area contributed by atoms with Crippen LogP contribution >= 0.6 is 11.8 Å². The van der Waals surface area contributed by atoms with E-state index < -0.39 is 0 Å². The van der Waals surface area contributed by atoms with Crippen molar-refractivity contribution in [1.82, 2.24) is 4.98 Å². The Hall–Kier alpha value is -2.86. The Morgan fingerprint density at radius 2 is 1.93 bits per heavy atom. The molecule has 1 aromatic heterocycles. The molecule has 2 amide bonds. The zero-order valence-corrected chi connectivity index (χ0v) is 15.7. The molecule has 1 saturated heterocycles. The highest BCUT2D eigenvalue weighted by Crippen LogP contribution is 2.28. The number of rotatable bonds is 4. The highest BCUT2D eigenvalue weighted by Gasteiger charge is 2.35. The average Bonchev–Trinajstić information content (AvgIpc) is 3.10. The first-order valence-electron chi connectivity index (χ1n) is 8.75. The van der Waals surface area contributed by atoms with Gasteiger partial charge in [-0.1, -0.05) is 18.2 Å². The van der Waals surface area contributed by atoms with E-state index in [0.29, 0.717) is 12.2 Å². The lowest BCUT2D eigenvalue weighted by atomic mass is 10.1. The van der Waals surface area contributed by atoms with E-state index in [1.807, 2.05) is 60.9 Å². The van der Waals surface area contributed by atoms with Gasteiger partial charge in [0.25, 0.3) is 0 Å². The molecular formula is C21H19N3O2S. The van der Waals surface area contributed by atoms with Gasteiger partial charge in [0, 0.05) is 35.1 Å². The number of nitrogens with zero attached hydrogens (tertiary/aromatic N) is 2. The topological polar surface area (TPSA) is 62.3 Å². The summed E-state index contributed by atoms with van der Waals surface area (Å²) >= 11 is 1.65. The molecule has 1 aliphatic rings. The van der Waals surface area contributed by atoms with E-state index in [4.69, 9.17) is 0 Å². The van der Waals surface area contributed by atoms with E-state index in [9.17, 15) is 9.59 Å². The summed E-state index contributed by atoms with van der Waals surface area (Å²) in [5.41, 5.74) is 2.26. The number of hydrogen-bond acceptors (Lipinski definition) is 4. The number of carbonyl (C=O) groups is 2. The molecule has 0 saturated carbocycles. The smallest absolute Gasteiger partial charge is 0.229 e. The molecular weight excluding hydrogens is 358 g/mol. The molecule has 6 heteroatoms. The van der Waals surface area contributed by atoms with Gasteiger partial charge in [0.1, 0.15) is 0 Å². The SMILES string of the molecule is CSc1ccc(N2CC(C(=O)Nc3cccc4cccnc34)CC2=O)cc1. The summed E-state index contributed by atoms with van der Waals surface area (Å²) in [6.45, 7) is 0.390. The first kappa shape index (κ1) is 17.5. The van der Waals surface area contributed by atoms with E-state index in [0.717, 1.165) is 21.5 Å². The maximum Gasteiger partial charge on any atom is 0.229 e. The Morgan fingerprint density at radius 1 is 1.15 bits per heavy atom. The van der Waals surface area contributed by atoms with E-state index in [1.165, 1.54) is 0 Å². The van der Waals surface area contributed by atoms with Crippen molar-refractivity contribution in [2.24, 2.45) is 5.92 Å². The zero-order chi connectivity index (χ0) is 18.8. The fourth-order valence-corrected chi connectivity index (χ4v) is 3.74. The molecule has 0 bridgehead atoms. The van der Waals surface area contributed by atoms with Crippen LogP contribution in [-0.4, -0.2) is 29.6 Å². The number of anilines is 2. The van der Waals surface area contributed by atoms with Crippen LogP contribution in [0.5, 0.6) is 0 Å². The molecule has 1 unspecified atom stereocenters. The third kappa shape index (κ3) is 3.53. The molecule has 0 spiro atoms. The second-order valence-electron chi connectivity index (χ2n) is 6.47. The van der Waals surface area contributed by atoms with Crippen LogP contribution in [0.3, 0.4) is 0 Å². The largest absolute Gasteiger partial charge is 0.324 e. The third-order valence-electron chi connectivity index (χ3n) is 4.77. The van der Waals surface area contributed by atoms with Gasteiger partial charge >= 0.3 is 0 Å². The standard InChI is InChI=1S/C21H19N3O2S/c1-27-17-9-7-16(8-10-17)24-13-15(12-19(24)25)21(26)23-18-6-2-4-14-5-3-11-22-20(14)18/h2-11,15H,12-13H2,1H3,(H,23,26). The van der Waals surface area contributed by atoms with Crippen molar-refractivity contribution in [2.75, 3.05) is 23.0 Å². The first-order chi connectivity index (χ1) is 13.2. The molecule has 2 aromatic carbocycles. The maximum absolute atomic E-state index is 12.8. The number of hydrogen-bond donors (Lipinski definition) is 1. The minimum atomic E-state index is -0.378. The van der Waals surface area contributed by atoms with E-state index in [-0.39, 0.29) is 24.2 Å². The summed E-state index contributed by atoms with van der Waals surface area (Å²) in [5, 5.41) is 3.92. The van der Waals surface area contributed by atoms with Crippen LogP contribution in [-0.2, 0) is 9.59 Å². The van der Waals surface area contributed by atoms with Gasteiger partial charge in [-0.05, 0) is 42.7 Å². The second-order valence-corrected chi connectivity index (χ2v) is 7.35. The quantitative estimate of drug-likeness (QED) is 0.700. The van der Waals surface area contributed by atoms with E-state index in [1.54, 1.807) is 22.9 Å². The Bertz CT molecular complexity index is 998. The average molecular weight is 377 g/mol. The highest BCUT2D eigenvalue weighted by atomic mass is 32.2. The molecule has 2 heterocycles. The zero-order valence-electron chi connectivity index (χ0n) is 14.9. The molecule has 5 nitrogen and oxygen atoms in total. The number of nitrogens with one attached hydrogen (secondary N) is 1. The van der Waals surface area contributed by atoms with Crippen LogP contribution < -0.4 is 10.2 Å². The minimum absolute atomic E-state index is 0.0249. The van der Waals surface area contributed by atoms with Gasteiger partial charge in [-0.2, -0.15) is 0 Å². The van der Waals surface area contributed by atoms with Gasteiger partial charge in [-0.3, -0.25) is 14.6 Å². The second kappa shape index (κ2) is 7.40. The Morgan fingerprint density at radius 3 is 2.70 bits per heavy atom. The number of fused-ring (bicyclic) bond motifs is 1. The number of pyridine rings is 1. The van der Waals surface area contributed by atoms with Crippen molar-refractivity contribution < 1.29 is 9.59 Å². The maximum atomic E-state index is 12.8. The summed E-state index contributed by atoms with van der Waals surface area (Å²) in [6.07, 6.45) is 3.93. The molecule has 3 aromatic rings. The summed E-state index contributed by atoms with van der Waals surface area (Å²) in [4.78, 5) is 32.4. The van der Waals surface area contributed by atoms with Crippen LogP contribution in [0.25, 0.3) is 10.9 Å². The number of para-hydroxylation sites is 1. The Labute approximate surface area is 161 Å². The van der Waals surface area contributed by atoms with Gasteiger partial charge in [0.2, 0.25) is 11.8 Å². The summed E-state index contributed by atoms with van der Waals surface area (Å²) < 4.78 is 0. The van der Waals surface area contributed by atoms with Crippen LogP contribution in [0.15, 0.2) is 65.7 Å². The van der Waals surface area contributed by atoms with Gasteiger partial charge < -0.3 is 10.2 Å². The van der Waals surface area contributed by atoms with Crippen molar-refractivity contribution in [1.29, 1.82) is 0 Å². The number of carbonyl (C=O) groups excluding carboxylic acids is 2. The van der Waals surface area contributed by atoms with Crippen LogP contribution in [0.4, 0.5) is 11.4 Å². The number of thioether (sulfide) groups is 1. The van der Waals surface area contributed by atoms with Gasteiger partial charge in [-0.15, -0.1) is 11.8 Å². The Kier molecular flexibility index (Phi) is 4.81. The van der Waals surface area contributed by atoms with Crippen LogP contribution in [0.1, 0.15) is 6.42 Å². The fraction of sp³-hybridized carbons (Fsp3) is 0.190. The monoisotopic (exact) mass is 377 g/mol. The molecule has 136 valence electrons. The van der Waals surface area contributed by atoms with Gasteiger partial charge in [0.15, 0.2) is 0 Å². The van der Waals surface area contributed by atoms with Crippen molar-refractivity contribution in [3.8, 4) is 0 Å². The lowest BCUT2D eigenvalue weighted by molar-refractivity contribution is -0.122. The molecule has 0 radical (unpaired) electrons.